The van der Waals surface area contributed by atoms with Gasteiger partial charge in [0.25, 0.3) is 0 Å². The molecule has 1 amide bonds. The Hall–Kier alpha value is -1.35. The molecule has 0 bridgehead atoms. The van der Waals surface area contributed by atoms with E-state index in [-0.39, 0.29) is 17.4 Å². The maximum absolute atomic E-state index is 12.9. The van der Waals surface area contributed by atoms with Gasteiger partial charge in [-0.05, 0) is 30.9 Å². The molecule has 21 heavy (non-hydrogen) atoms. The Bertz CT molecular complexity index is 450. The fourth-order valence-electron chi connectivity index (χ4n) is 3.33. The molecule has 0 aliphatic carbocycles. The molecule has 1 aliphatic heterocycles. The third-order valence-corrected chi connectivity index (χ3v) is 4.57. The van der Waals surface area contributed by atoms with Gasteiger partial charge in [-0.15, -0.1) is 0 Å². The lowest BCUT2D eigenvalue weighted by molar-refractivity contribution is -0.131. The molecule has 1 aromatic rings. The van der Waals surface area contributed by atoms with Crippen molar-refractivity contribution in [3.05, 3.63) is 35.9 Å². The molecular weight excluding hydrogens is 260 g/mol. The lowest BCUT2D eigenvalue weighted by Crippen LogP contribution is -2.45. The van der Waals surface area contributed by atoms with Crippen LogP contribution in [0.3, 0.4) is 0 Å². The van der Waals surface area contributed by atoms with Crippen LogP contribution >= 0.6 is 0 Å². The minimum atomic E-state index is -0.212. The second-order valence-electron chi connectivity index (χ2n) is 6.56. The first-order valence-corrected chi connectivity index (χ1v) is 8.16. The quantitative estimate of drug-likeness (QED) is 0.843. The first-order valence-electron chi connectivity index (χ1n) is 8.16. The predicted octanol–water partition coefficient (Wildman–Crippen LogP) is 3.28. The number of carbonyl (C=O) groups excluding carboxylic acids is 1. The summed E-state index contributed by atoms with van der Waals surface area (Å²) in [5.74, 6) is 0.598. The molecule has 2 atom stereocenters. The highest BCUT2D eigenvalue weighted by atomic mass is 16.2. The van der Waals surface area contributed by atoms with Crippen LogP contribution < -0.4 is 10.6 Å². The smallest absolute Gasteiger partial charge is 0.228 e. The molecule has 2 rings (SSSR count). The van der Waals surface area contributed by atoms with Gasteiger partial charge in [0.2, 0.25) is 5.91 Å². The van der Waals surface area contributed by atoms with Gasteiger partial charge in [-0.2, -0.15) is 0 Å². The molecule has 116 valence electrons. The number of rotatable bonds is 6. The first kappa shape index (κ1) is 16.0. The van der Waals surface area contributed by atoms with Gasteiger partial charge in [-0.25, -0.2) is 0 Å². The molecule has 0 aromatic heterocycles. The van der Waals surface area contributed by atoms with E-state index in [0.29, 0.717) is 5.92 Å². The van der Waals surface area contributed by atoms with E-state index < -0.39 is 0 Å². The van der Waals surface area contributed by atoms with Gasteiger partial charge in [-0.1, -0.05) is 57.5 Å². The van der Waals surface area contributed by atoms with Crippen molar-refractivity contribution < 1.29 is 4.79 Å². The highest BCUT2D eigenvalue weighted by Gasteiger charge is 2.41. The molecule has 3 nitrogen and oxygen atoms in total. The monoisotopic (exact) mass is 288 g/mol. The van der Waals surface area contributed by atoms with Crippen LogP contribution in [0.1, 0.15) is 51.6 Å². The van der Waals surface area contributed by atoms with Crippen LogP contribution in [-0.4, -0.2) is 19.0 Å². The van der Waals surface area contributed by atoms with Gasteiger partial charge in [0.05, 0.1) is 11.5 Å². The summed E-state index contributed by atoms with van der Waals surface area (Å²) in [7, 11) is 0. The van der Waals surface area contributed by atoms with Crippen LogP contribution in [0.2, 0.25) is 0 Å². The van der Waals surface area contributed by atoms with Crippen LogP contribution in [-0.2, 0) is 4.79 Å². The first-order chi connectivity index (χ1) is 10.1. The highest BCUT2D eigenvalue weighted by Crippen LogP contribution is 2.33. The fourth-order valence-corrected chi connectivity index (χ4v) is 3.33. The van der Waals surface area contributed by atoms with E-state index in [1.807, 2.05) is 18.2 Å². The van der Waals surface area contributed by atoms with Crippen LogP contribution in [0.25, 0.3) is 0 Å². The molecular formula is C18H28N2O. The van der Waals surface area contributed by atoms with E-state index in [9.17, 15) is 4.79 Å². The van der Waals surface area contributed by atoms with E-state index >= 15 is 0 Å². The Morgan fingerprint density at radius 3 is 2.57 bits per heavy atom. The lowest BCUT2D eigenvalue weighted by Gasteiger charge is -2.31. The van der Waals surface area contributed by atoms with E-state index in [0.717, 1.165) is 32.4 Å². The predicted molar refractivity (Wildman–Crippen MR) is 87.0 cm³/mol. The van der Waals surface area contributed by atoms with Crippen molar-refractivity contribution in [3.8, 4) is 0 Å². The summed E-state index contributed by atoms with van der Waals surface area (Å²) in [4.78, 5) is 12.9. The molecule has 2 N–H and O–H groups in total. The van der Waals surface area contributed by atoms with Crippen molar-refractivity contribution >= 4 is 5.91 Å². The molecule has 1 aliphatic rings. The third-order valence-electron chi connectivity index (χ3n) is 4.57. The maximum atomic E-state index is 12.9. The Labute approximate surface area is 128 Å². The largest absolute Gasteiger partial charge is 0.349 e. The normalized spacial score (nSPS) is 23.2. The minimum absolute atomic E-state index is 0.0908. The summed E-state index contributed by atoms with van der Waals surface area (Å²) < 4.78 is 0. The second kappa shape index (κ2) is 7.08. The average Bonchev–Trinajstić information content (AvgIpc) is 2.95. The van der Waals surface area contributed by atoms with Crippen LogP contribution in [0, 0.1) is 11.3 Å². The summed E-state index contributed by atoms with van der Waals surface area (Å²) in [6, 6.07) is 10.4. The SMILES string of the molecule is CCCC1(C(=O)NC(c2ccccc2)C(C)C)CCNC1. The van der Waals surface area contributed by atoms with Crippen LogP contribution in [0.5, 0.6) is 0 Å². The summed E-state index contributed by atoms with van der Waals surface area (Å²) in [6.07, 6.45) is 2.96. The fraction of sp³-hybridized carbons (Fsp3) is 0.611. The number of amides is 1. The standard InChI is InChI=1S/C18H28N2O/c1-4-10-18(11-12-19-13-18)17(21)20-16(14(2)3)15-8-6-5-7-9-15/h5-9,14,16,19H,4,10-13H2,1-3H3,(H,20,21). The number of hydrogen-bond donors (Lipinski definition) is 2. The van der Waals surface area contributed by atoms with E-state index in [4.69, 9.17) is 0 Å². The van der Waals surface area contributed by atoms with Gasteiger partial charge < -0.3 is 10.6 Å². The number of hydrogen-bond acceptors (Lipinski definition) is 2. The van der Waals surface area contributed by atoms with Crippen LogP contribution in [0.15, 0.2) is 30.3 Å². The highest BCUT2D eigenvalue weighted by molar-refractivity contribution is 5.83. The van der Waals surface area contributed by atoms with E-state index in [1.165, 1.54) is 5.56 Å². The Morgan fingerprint density at radius 2 is 2.05 bits per heavy atom. The molecule has 1 saturated heterocycles. The Kier molecular flexibility index (Phi) is 5.40. The van der Waals surface area contributed by atoms with Gasteiger partial charge in [0.15, 0.2) is 0 Å². The average molecular weight is 288 g/mol. The molecule has 2 unspecified atom stereocenters. The molecule has 1 fully saturated rings. The molecule has 0 radical (unpaired) electrons. The van der Waals surface area contributed by atoms with Crippen molar-refractivity contribution in [1.82, 2.24) is 10.6 Å². The van der Waals surface area contributed by atoms with E-state index in [1.54, 1.807) is 0 Å². The van der Waals surface area contributed by atoms with Crippen molar-refractivity contribution in [2.24, 2.45) is 11.3 Å². The van der Waals surface area contributed by atoms with Gasteiger partial charge in [0, 0.05) is 6.54 Å². The molecule has 3 heteroatoms. The molecule has 1 aromatic carbocycles. The second-order valence-corrected chi connectivity index (χ2v) is 6.56. The van der Waals surface area contributed by atoms with Crippen molar-refractivity contribution in [2.75, 3.05) is 13.1 Å². The van der Waals surface area contributed by atoms with Crippen molar-refractivity contribution in [1.29, 1.82) is 0 Å². The zero-order chi connectivity index (χ0) is 15.3. The number of nitrogens with one attached hydrogen (secondary N) is 2. The lowest BCUT2D eigenvalue weighted by atomic mass is 9.80. The van der Waals surface area contributed by atoms with Gasteiger partial charge >= 0.3 is 0 Å². The third kappa shape index (κ3) is 3.65. The molecule has 0 spiro atoms. The summed E-state index contributed by atoms with van der Waals surface area (Å²) in [5, 5.41) is 6.68. The molecule has 0 saturated carbocycles. The summed E-state index contributed by atoms with van der Waals surface area (Å²) in [5.41, 5.74) is 0.981. The van der Waals surface area contributed by atoms with Crippen molar-refractivity contribution in [2.45, 2.75) is 46.1 Å². The van der Waals surface area contributed by atoms with E-state index in [2.05, 4.69) is 43.5 Å². The zero-order valence-corrected chi connectivity index (χ0v) is 13.5. The number of benzene rings is 1. The zero-order valence-electron chi connectivity index (χ0n) is 13.5. The topological polar surface area (TPSA) is 41.1 Å². The van der Waals surface area contributed by atoms with Gasteiger partial charge in [-0.3, -0.25) is 4.79 Å². The van der Waals surface area contributed by atoms with Gasteiger partial charge in [0.1, 0.15) is 0 Å². The van der Waals surface area contributed by atoms with Crippen molar-refractivity contribution in [3.63, 3.8) is 0 Å². The summed E-state index contributed by atoms with van der Waals surface area (Å²) in [6.45, 7) is 8.25. The Balaban J connectivity index is 2.15. The molecule has 1 heterocycles. The van der Waals surface area contributed by atoms with Crippen LogP contribution in [0.4, 0.5) is 0 Å². The number of carbonyl (C=O) groups is 1. The summed E-state index contributed by atoms with van der Waals surface area (Å²) >= 11 is 0. The minimum Gasteiger partial charge on any atom is -0.349 e. The Morgan fingerprint density at radius 1 is 1.33 bits per heavy atom. The maximum Gasteiger partial charge on any atom is 0.228 e.